The molecule has 0 aliphatic heterocycles. The topological polar surface area (TPSA) is 104 Å². The molecule has 3 N–H and O–H groups in total. The summed E-state index contributed by atoms with van der Waals surface area (Å²) >= 11 is 0. The summed E-state index contributed by atoms with van der Waals surface area (Å²) in [5.74, 6) is -4.89. The zero-order valence-corrected chi connectivity index (χ0v) is 11.1. The minimum absolute atomic E-state index is 0.0535. The maximum Gasteiger partial charge on any atom is 0.341 e. The van der Waals surface area contributed by atoms with Crippen LogP contribution >= 0.6 is 0 Å². The Morgan fingerprint density at radius 2 is 1.90 bits per heavy atom. The van der Waals surface area contributed by atoms with Crippen LogP contribution in [0.15, 0.2) is 17.0 Å². The zero-order chi connectivity index (χ0) is 15.3. The minimum Gasteiger partial charge on any atom is -0.477 e. The first-order chi connectivity index (χ1) is 9.31. The Morgan fingerprint density at radius 3 is 2.45 bits per heavy atom. The molecular formula is C11H13F2NO5S. The van der Waals surface area contributed by atoms with Gasteiger partial charge in [0, 0.05) is 13.2 Å². The molecule has 20 heavy (non-hydrogen) atoms. The molecule has 0 aliphatic carbocycles. The maximum atomic E-state index is 13.8. The number of carbonyl (C=O) groups is 1. The van der Waals surface area contributed by atoms with Gasteiger partial charge in [-0.25, -0.2) is 26.7 Å². The van der Waals surface area contributed by atoms with Crippen LogP contribution in [0.4, 0.5) is 8.78 Å². The van der Waals surface area contributed by atoms with Crippen molar-refractivity contribution in [3.05, 3.63) is 29.3 Å². The van der Waals surface area contributed by atoms with Gasteiger partial charge in [0.05, 0.1) is 0 Å². The quantitative estimate of drug-likeness (QED) is 0.644. The first-order valence-corrected chi connectivity index (χ1v) is 7.11. The highest BCUT2D eigenvalue weighted by Gasteiger charge is 2.26. The lowest BCUT2D eigenvalue weighted by molar-refractivity contribution is 0.0685. The second-order valence-corrected chi connectivity index (χ2v) is 5.60. The first-order valence-electron chi connectivity index (χ1n) is 5.63. The Kier molecular flexibility index (Phi) is 5.54. The van der Waals surface area contributed by atoms with E-state index in [4.69, 9.17) is 10.2 Å². The van der Waals surface area contributed by atoms with Gasteiger partial charge in [0.1, 0.15) is 16.3 Å². The Bertz CT molecular complexity index is 603. The molecule has 0 aliphatic rings. The molecule has 112 valence electrons. The number of carboxylic acids is 1. The monoisotopic (exact) mass is 309 g/mol. The van der Waals surface area contributed by atoms with Crippen LogP contribution < -0.4 is 4.72 Å². The maximum absolute atomic E-state index is 13.8. The van der Waals surface area contributed by atoms with E-state index in [1.54, 1.807) is 0 Å². The van der Waals surface area contributed by atoms with Crippen molar-refractivity contribution < 1.29 is 32.2 Å². The van der Waals surface area contributed by atoms with E-state index in [2.05, 4.69) is 0 Å². The fourth-order valence-corrected chi connectivity index (χ4v) is 2.61. The van der Waals surface area contributed by atoms with E-state index in [0.29, 0.717) is 25.0 Å². The fraction of sp³-hybridized carbons (Fsp3) is 0.364. The van der Waals surface area contributed by atoms with Crippen LogP contribution in [-0.2, 0) is 10.0 Å². The van der Waals surface area contributed by atoms with E-state index < -0.39 is 38.1 Å². The Balaban J connectivity index is 3.07. The third-order valence-electron chi connectivity index (χ3n) is 2.44. The molecule has 0 atom stereocenters. The highest BCUT2D eigenvalue weighted by atomic mass is 32.2. The molecule has 6 nitrogen and oxygen atoms in total. The molecule has 0 heterocycles. The average Bonchev–Trinajstić information content (AvgIpc) is 2.34. The van der Waals surface area contributed by atoms with Crippen LogP contribution in [0.25, 0.3) is 0 Å². The molecule has 0 aromatic heterocycles. The van der Waals surface area contributed by atoms with Crippen LogP contribution in [0, 0.1) is 11.6 Å². The summed E-state index contributed by atoms with van der Waals surface area (Å²) in [6.07, 6.45) is 0.680. The van der Waals surface area contributed by atoms with Gasteiger partial charge in [-0.15, -0.1) is 0 Å². The molecule has 1 aromatic carbocycles. The molecule has 0 fully saturated rings. The Hall–Kier alpha value is -1.58. The van der Waals surface area contributed by atoms with E-state index in [-0.39, 0.29) is 13.2 Å². The Morgan fingerprint density at radius 1 is 1.25 bits per heavy atom. The third-order valence-corrected chi connectivity index (χ3v) is 3.91. The number of carboxylic acid groups (broad SMARTS) is 1. The van der Waals surface area contributed by atoms with Crippen LogP contribution in [0.1, 0.15) is 23.2 Å². The van der Waals surface area contributed by atoms with Crippen molar-refractivity contribution in [2.24, 2.45) is 0 Å². The highest BCUT2D eigenvalue weighted by Crippen LogP contribution is 2.21. The van der Waals surface area contributed by atoms with Crippen molar-refractivity contribution >= 4 is 16.0 Å². The number of rotatable bonds is 7. The average molecular weight is 309 g/mol. The second kappa shape index (κ2) is 6.73. The van der Waals surface area contributed by atoms with Gasteiger partial charge in [0.15, 0.2) is 5.82 Å². The molecule has 1 aromatic rings. The number of halogens is 2. The van der Waals surface area contributed by atoms with Crippen LogP contribution in [0.3, 0.4) is 0 Å². The van der Waals surface area contributed by atoms with Gasteiger partial charge < -0.3 is 10.2 Å². The molecule has 0 spiro atoms. The van der Waals surface area contributed by atoms with Crippen molar-refractivity contribution in [3.8, 4) is 0 Å². The van der Waals surface area contributed by atoms with Gasteiger partial charge in [0.25, 0.3) is 0 Å². The number of nitrogens with one attached hydrogen (secondary N) is 1. The summed E-state index contributed by atoms with van der Waals surface area (Å²) in [5.41, 5.74) is -1.32. The van der Waals surface area contributed by atoms with Crippen LogP contribution in [0.5, 0.6) is 0 Å². The van der Waals surface area contributed by atoms with Crippen molar-refractivity contribution in [2.45, 2.75) is 17.7 Å². The van der Waals surface area contributed by atoms with Gasteiger partial charge in [-0.1, -0.05) is 0 Å². The fourth-order valence-electron chi connectivity index (χ4n) is 1.46. The van der Waals surface area contributed by atoms with Gasteiger partial charge in [-0.2, -0.15) is 0 Å². The van der Waals surface area contributed by atoms with E-state index >= 15 is 0 Å². The second-order valence-electron chi connectivity index (χ2n) is 3.87. The third kappa shape index (κ3) is 3.71. The van der Waals surface area contributed by atoms with Gasteiger partial charge >= 0.3 is 5.97 Å². The summed E-state index contributed by atoms with van der Waals surface area (Å²) in [4.78, 5) is 9.77. The van der Waals surface area contributed by atoms with Gasteiger partial charge in [0.2, 0.25) is 10.0 Å². The zero-order valence-electron chi connectivity index (χ0n) is 10.3. The smallest absolute Gasteiger partial charge is 0.341 e. The lowest BCUT2D eigenvalue weighted by Gasteiger charge is -2.09. The van der Waals surface area contributed by atoms with E-state index in [0.717, 1.165) is 0 Å². The first kappa shape index (κ1) is 16.5. The highest BCUT2D eigenvalue weighted by molar-refractivity contribution is 7.89. The number of sulfonamides is 1. The molecule has 0 saturated carbocycles. The van der Waals surface area contributed by atoms with Crippen molar-refractivity contribution in [1.29, 1.82) is 0 Å². The largest absolute Gasteiger partial charge is 0.477 e. The summed E-state index contributed by atoms with van der Waals surface area (Å²) in [6.45, 7) is -0.169. The number of aliphatic hydroxyl groups excluding tert-OH is 1. The lowest BCUT2D eigenvalue weighted by atomic mass is 10.2. The lowest BCUT2D eigenvalue weighted by Crippen LogP contribution is -2.26. The van der Waals surface area contributed by atoms with Crippen molar-refractivity contribution in [2.75, 3.05) is 13.2 Å². The minimum atomic E-state index is -4.28. The molecular weight excluding hydrogens is 296 g/mol. The van der Waals surface area contributed by atoms with Crippen molar-refractivity contribution in [1.82, 2.24) is 4.72 Å². The molecule has 0 radical (unpaired) electrons. The predicted molar refractivity (Wildman–Crippen MR) is 64.8 cm³/mol. The molecule has 1 rings (SSSR count). The van der Waals surface area contributed by atoms with Crippen LogP contribution in [-0.4, -0.2) is 37.8 Å². The predicted octanol–water partition coefficient (Wildman–Crippen LogP) is 0.714. The number of unbranched alkanes of at least 4 members (excludes halogenated alkanes) is 1. The van der Waals surface area contributed by atoms with Gasteiger partial charge in [-0.3, -0.25) is 0 Å². The molecule has 0 unspecified atom stereocenters. The van der Waals surface area contributed by atoms with Crippen LogP contribution in [0.2, 0.25) is 0 Å². The summed E-state index contributed by atoms with van der Waals surface area (Å²) in [7, 11) is -4.28. The number of aromatic carboxylic acids is 1. The normalized spacial score (nSPS) is 11.6. The van der Waals surface area contributed by atoms with E-state index in [1.807, 2.05) is 4.72 Å². The van der Waals surface area contributed by atoms with E-state index in [1.165, 1.54) is 0 Å². The number of benzene rings is 1. The van der Waals surface area contributed by atoms with Crippen molar-refractivity contribution in [3.63, 3.8) is 0 Å². The standard InChI is InChI=1S/C11H13F2NO5S/c12-7-3-4-8(10(13)9(7)11(16)17)20(18,19)14-5-1-2-6-15/h3-4,14-15H,1-2,5-6H2,(H,16,17). The number of aliphatic hydroxyl groups is 1. The summed E-state index contributed by atoms with van der Waals surface area (Å²) in [5, 5.41) is 17.2. The van der Waals surface area contributed by atoms with Gasteiger partial charge in [-0.05, 0) is 25.0 Å². The summed E-state index contributed by atoms with van der Waals surface area (Å²) < 4.78 is 52.5. The Labute approximate surface area is 114 Å². The van der Waals surface area contributed by atoms with E-state index in [9.17, 15) is 22.0 Å². The summed E-state index contributed by atoms with van der Waals surface area (Å²) in [6, 6.07) is 1.24. The molecule has 9 heteroatoms. The molecule has 0 bridgehead atoms. The molecule has 0 amide bonds. The number of hydrogen-bond donors (Lipinski definition) is 3. The molecule has 0 saturated heterocycles. The SMILES string of the molecule is O=C(O)c1c(F)ccc(S(=O)(=O)NCCCCO)c1F. The number of hydrogen-bond acceptors (Lipinski definition) is 4.